The van der Waals surface area contributed by atoms with Gasteiger partial charge in [-0.2, -0.15) is 0 Å². The predicted molar refractivity (Wildman–Crippen MR) is 68.0 cm³/mol. The molecule has 18 heavy (non-hydrogen) atoms. The van der Waals surface area contributed by atoms with E-state index in [2.05, 4.69) is 0 Å². The van der Waals surface area contributed by atoms with Gasteiger partial charge in [0.15, 0.2) is 5.78 Å². The molecule has 1 saturated carbocycles. The molecular formula is C15H18O3. The summed E-state index contributed by atoms with van der Waals surface area (Å²) in [5.74, 6) is 1.19. The van der Waals surface area contributed by atoms with E-state index in [1.807, 2.05) is 24.3 Å². The summed E-state index contributed by atoms with van der Waals surface area (Å²) in [6, 6.07) is 7.61. The molecule has 3 nitrogen and oxygen atoms in total. The largest absolute Gasteiger partial charge is 0.490 e. The summed E-state index contributed by atoms with van der Waals surface area (Å²) in [4.78, 5) is 12.3. The molecule has 1 saturated heterocycles. The van der Waals surface area contributed by atoms with E-state index < -0.39 is 0 Å². The fraction of sp³-hybridized carbons (Fsp3) is 0.533. The number of carbonyl (C=O) groups excluding carboxylic acids is 1. The molecule has 0 N–H and O–H groups in total. The first-order valence-corrected chi connectivity index (χ1v) is 6.71. The summed E-state index contributed by atoms with van der Waals surface area (Å²) in [6.45, 7) is 1.41. The molecule has 1 aromatic rings. The molecule has 0 amide bonds. The number of hydrogen-bond acceptors (Lipinski definition) is 3. The number of benzene rings is 1. The van der Waals surface area contributed by atoms with E-state index in [0.29, 0.717) is 19.3 Å². The van der Waals surface area contributed by atoms with E-state index in [9.17, 15) is 4.79 Å². The van der Waals surface area contributed by atoms with Crippen molar-refractivity contribution in [3.05, 3.63) is 29.8 Å². The van der Waals surface area contributed by atoms with Crippen molar-refractivity contribution in [2.24, 2.45) is 5.92 Å². The monoisotopic (exact) mass is 246 g/mol. The molecule has 1 aliphatic heterocycles. The van der Waals surface area contributed by atoms with Crippen LogP contribution in [-0.4, -0.2) is 25.1 Å². The van der Waals surface area contributed by atoms with Crippen LogP contribution < -0.4 is 4.74 Å². The maximum Gasteiger partial charge on any atom is 0.166 e. The highest BCUT2D eigenvalue weighted by Gasteiger charge is 2.25. The first-order valence-electron chi connectivity index (χ1n) is 6.71. The number of rotatable bonds is 4. The number of ketones is 1. The molecule has 1 heterocycles. The van der Waals surface area contributed by atoms with Gasteiger partial charge >= 0.3 is 0 Å². The number of ether oxygens (including phenoxy) is 2. The summed E-state index contributed by atoms with van der Waals surface area (Å²) in [5.41, 5.74) is 0.778. The van der Waals surface area contributed by atoms with Gasteiger partial charge in [0, 0.05) is 24.7 Å². The van der Waals surface area contributed by atoms with Gasteiger partial charge < -0.3 is 9.47 Å². The third-order valence-electron chi connectivity index (χ3n) is 3.54. The quantitative estimate of drug-likeness (QED) is 0.766. The Labute approximate surface area is 107 Å². The minimum atomic E-state index is 0.120. The Hall–Kier alpha value is -1.35. The van der Waals surface area contributed by atoms with Crippen molar-refractivity contribution in [3.63, 3.8) is 0 Å². The predicted octanol–water partition coefficient (Wildman–Crippen LogP) is 2.84. The summed E-state index contributed by atoms with van der Waals surface area (Å²) in [7, 11) is 0. The minimum absolute atomic E-state index is 0.120. The van der Waals surface area contributed by atoms with Crippen LogP contribution >= 0.6 is 0 Å². The smallest absolute Gasteiger partial charge is 0.166 e. The average molecular weight is 246 g/mol. The van der Waals surface area contributed by atoms with E-state index >= 15 is 0 Å². The first-order chi connectivity index (χ1) is 8.83. The molecule has 3 heteroatoms. The Morgan fingerprint density at radius 2 is 1.94 bits per heavy atom. The van der Waals surface area contributed by atoms with Crippen molar-refractivity contribution in [2.75, 3.05) is 13.2 Å². The Balaban J connectivity index is 1.71. The van der Waals surface area contributed by atoms with Gasteiger partial charge in [-0.1, -0.05) is 12.1 Å². The third-order valence-corrected chi connectivity index (χ3v) is 3.54. The number of carbonyl (C=O) groups is 1. The van der Waals surface area contributed by atoms with Gasteiger partial charge in [0.1, 0.15) is 5.75 Å². The van der Waals surface area contributed by atoms with Gasteiger partial charge in [0.05, 0.1) is 6.10 Å². The van der Waals surface area contributed by atoms with Crippen LogP contribution in [0.15, 0.2) is 24.3 Å². The second-order valence-corrected chi connectivity index (χ2v) is 5.10. The summed E-state index contributed by atoms with van der Waals surface area (Å²) < 4.78 is 11.0. The topological polar surface area (TPSA) is 35.5 Å². The van der Waals surface area contributed by atoms with E-state index in [1.54, 1.807) is 0 Å². The lowest BCUT2D eigenvalue weighted by molar-refractivity contribution is 0.0544. The summed E-state index contributed by atoms with van der Waals surface area (Å²) >= 11 is 0. The SMILES string of the molecule is O=C(c1cccc(OC2CC2)c1)C1CCOCC1. The lowest BCUT2D eigenvalue weighted by Crippen LogP contribution is -2.23. The van der Waals surface area contributed by atoms with Crippen LogP contribution in [0.25, 0.3) is 0 Å². The zero-order valence-corrected chi connectivity index (χ0v) is 10.4. The zero-order chi connectivity index (χ0) is 12.4. The molecule has 3 rings (SSSR count). The van der Waals surface area contributed by atoms with E-state index in [0.717, 1.165) is 37.0 Å². The minimum Gasteiger partial charge on any atom is -0.490 e. The molecule has 0 aromatic heterocycles. The fourth-order valence-corrected chi connectivity index (χ4v) is 2.30. The molecule has 0 radical (unpaired) electrons. The van der Waals surface area contributed by atoms with Gasteiger partial charge in [-0.05, 0) is 37.8 Å². The zero-order valence-electron chi connectivity index (χ0n) is 10.4. The van der Waals surface area contributed by atoms with Crippen molar-refractivity contribution < 1.29 is 14.3 Å². The Morgan fingerprint density at radius 3 is 2.67 bits per heavy atom. The van der Waals surface area contributed by atoms with Crippen molar-refractivity contribution in [3.8, 4) is 5.75 Å². The first kappa shape index (κ1) is 11.7. The molecule has 2 fully saturated rings. The molecule has 0 atom stereocenters. The van der Waals surface area contributed by atoms with Crippen molar-refractivity contribution >= 4 is 5.78 Å². The molecular weight excluding hydrogens is 228 g/mol. The van der Waals surface area contributed by atoms with E-state index in [1.165, 1.54) is 0 Å². The highest BCUT2D eigenvalue weighted by molar-refractivity contribution is 5.98. The van der Waals surface area contributed by atoms with Gasteiger partial charge in [-0.3, -0.25) is 4.79 Å². The molecule has 0 spiro atoms. The number of Topliss-reactive ketones (excluding diaryl/α,β-unsaturated/α-hetero) is 1. The lowest BCUT2D eigenvalue weighted by Gasteiger charge is -2.21. The molecule has 1 aromatic carbocycles. The van der Waals surface area contributed by atoms with Crippen LogP contribution in [-0.2, 0) is 4.74 Å². The summed E-state index contributed by atoms with van der Waals surface area (Å²) in [6.07, 6.45) is 4.33. The van der Waals surface area contributed by atoms with Crippen molar-refractivity contribution in [1.82, 2.24) is 0 Å². The third kappa shape index (κ3) is 2.72. The van der Waals surface area contributed by atoms with Crippen LogP contribution in [0.3, 0.4) is 0 Å². The van der Waals surface area contributed by atoms with E-state index in [-0.39, 0.29) is 11.7 Å². The second kappa shape index (κ2) is 5.11. The maximum absolute atomic E-state index is 12.3. The molecule has 1 aliphatic carbocycles. The average Bonchev–Trinajstić information content (AvgIpc) is 3.23. The maximum atomic E-state index is 12.3. The molecule has 96 valence electrons. The summed E-state index contributed by atoms with van der Waals surface area (Å²) in [5, 5.41) is 0. The number of hydrogen-bond donors (Lipinski definition) is 0. The van der Waals surface area contributed by atoms with Crippen molar-refractivity contribution in [2.45, 2.75) is 31.8 Å². The van der Waals surface area contributed by atoms with Crippen LogP contribution in [0.5, 0.6) is 5.75 Å². The molecule has 2 aliphatic rings. The van der Waals surface area contributed by atoms with Crippen molar-refractivity contribution in [1.29, 1.82) is 0 Å². The highest BCUT2D eigenvalue weighted by atomic mass is 16.5. The Kier molecular flexibility index (Phi) is 3.33. The van der Waals surface area contributed by atoms with Crippen LogP contribution in [0.4, 0.5) is 0 Å². The van der Waals surface area contributed by atoms with E-state index in [4.69, 9.17) is 9.47 Å². The van der Waals surface area contributed by atoms with Gasteiger partial charge in [0.2, 0.25) is 0 Å². The van der Waals surface area contributed by atoms with Gasteiger partial charge in [-0.25, -0.2) is 0 Å². The van der Waals surface area contributed by atoms with Crippen LogP contribution in [0.1, 0.15) is 36.0 Å². The molecule has 0 bridgehead atoms. The van der Waals surface area contributed by atoms with Gasteiger partial charge in [-0.15, -0.1) is 0 Å². The van der Waals surface area contributed by atoms with Crippen LogP contribution in [0.2, 0.25) is 0 Å². The Morgan fingerprint density at radius 1 is 1.17 bits per heavy atom. The Bertz CT molecular complexity index is 431. The standard InChI is InChI=1S/C15H18O3/c16-15(11-6-8-17-9-7-11)12-2-1-3-14(10-12)18-13-4-5-13/h1-3,10-11,13H,4-9H2. The molecule has 0 unspecified atom stereocenters. The van der Waals surface area contributed by atoms with Crippen LogP contribution in [0, 0.1) is 5.92 Å². The second-order valence-electron chi connectivity index (χ2n) is 5.10. The van der Waals surface area contributed by atoms with Gasteiger partial charge in [0.25, 0.3) is 0 Å². The highest BCUT2D eigenvalue weighted by Crippen LogP contribution is 2.28. The fourth-order valence-electron chi connectivity index (χ4n) is 2.30. The lowest BCUT2D eigenvalue weighted by atomic mass is 9.91. The normalized spacial score (nSPS) is 20.7.